The van der Waals surface area contributed by atoms with Gasteiger partial charge in [0, 0.05) is 16.3 Å². The van der Waals surface area contributed by atoms with E-state index in [1.165, 1.54) is 81.5 Å². The van der Waals surface area contributed by atoms with Crippen molar-refractivity contribution in [3.8, 4) is 33.8 Å². The highest BCUT2D eigenvalue weighted by atomic mass is 16.5. The van der Waals surface area contributed by atoms with Crippen LogP contribution in [0, 0.1) is 0 Å². The van der Waals surface area contributed by atoms with E-state index < -0.39 is 0 Å². The van der Waals surface area contributed by atoms with Gasteiger partial charge >= 0.3 is 0 Å². The molecule has 0 spiro atoms. The maximum absolute atomic E-state index is 6.84. The summed E-state index contributed by atoms with van der Waals surface area (Å²) in [5, 5.41) is 15.0. The molecule has 0 saturated heterocycles. The molecular weight excluding hydrogens is 520 g/mol. The first-order valence-corrected chi connectivity index (χ1v) is 14.9. The minimum Gasteiger partial charge on any atom is -0.455 e. The smallest absolute Gasteiger partial charge is 0.143 e. The predicted molar refractivity (Wildman–Crippen MR) is 182 cm³/mol. The molecule has 0 saturated carbocycles. The summed E-state index contributed by atoms with van der Waals surface area (Å²) in [5.41, 5.74) is 4.85. The molecule has 1 nitrogen and oxygen atoms in total. The van der Waals surface area contributed by atoms with Crippen molar-refractivity contribution in [1.82, 2.24) is 0 Å². The minimum atomic E-state index is 0.916. The second-order valence-corrected chi connectivity index (χ2v) is 11.6. The summed E-state index contributed by atoms with van der Waals surface area (Å²) in [6.07, 6.45) is 0. The average Bonchev–Trinajstić information content (AvgIpc) is 3.08. The Kier molecular flexibility index (Phi) is 4.51. The van der Waals surface area contributed by atoms with Crippen LogP contribution in [-0.4, -0.2) is 0 Å². The highest BCUT2D eigenvalue weighted by molar-refractivity contribution is 6.26. The zero-order valence-corrected chi connectivity index (χ0v) is 23.3. The van der Waals surface area contributed by atoms with E-state index in [1.807, 2.05) is 0 Å². The van der Waals surface area contributed by atoms with Crippen LogP contribution in [0.3, 0.4) is 0 Å². The van der Waals surface area contributed by atoms with Gasteiger partial charge in [0.1, 0.15) is 11.5 Å². The summed E-state index contributed by atoms with van der Waals surface area (Å²) >= 11 is 0. The Morgan fingerprint density at radius 2 is 0.837 bits per heavy atom. The van der Waals surface area contributed by atoms with Gasteiger partial charge in [0.15, 0.2) is 0 Å². The number of ether oxygens (including phenoxy) is 1. The Morgan fingerprint density at radius 1 is 0.326 bits per heavy atom. The molecule has 0 bridgehead atoms. The Bertz CT molecular complexity index is 2610. The number of rotatable bonds is 1. The third-order valence-corrected chi connectivity index (χ3v) is 9.42. The quantitative estimate of drug-likeness (QED) is 0.187. The normalized spacial score (nSPS) is 12.4. The summed E-state index contributed by atoms with van der Waals surface area (Å²) in [5.74, 6) is 1.87. The monoisotopic (exact) mass is 544 g/mol. The Labute approximate surface area is 248 Å². The van der Waals surface area contributed by atoms with E-state index in [0.717, 1.165) is 16.9 Å². The molecule has 1 heterocycles. The van der Waals surface area contributed by atoms with Gasteiger partial charge in [-0.3, -0.25) is 0 Å². The summed E-state index contributed by atoms with van der Waals surface area (Å²) in [7, 11) is 0. The molecule has 43 heavy (non-hydrogen) atoms. The van der Waals surface area contributed by atoms with Crippen LogP contribution in [-0.2, 0) is 0 Å². The van der Waals surface area contributed by atoms with E-state index in [0.29, 0.717) is 0 Å². The number of fused-ring (bicyclic) bond motifs is 13. The molecular formula is C42H24O. The van der Waals surface area contributed by atoms with Crippen LogP contribution in [0.25, 0.3) is 86.9 Å². The lowest BCUT2D eigenvalue weighted by molar-refractivity contribution is 0.493. The predicted octanol–water partition coefficient (Wildman–Crippen LogP) is 12.0. The van der Waals surface area contributed by atoms with Gasteiger partial charge in [-0.05, 0) is 82.7 Å². The van der Waals surface area contributed by atoms with Gasteiger partial charge in [0.2, 0.25) is 0 Å². The molecule has 1 heteroatoms. The van der Waals surface area contributed by atoms with Crippen LogP contribution in [0.15, 0.2) is 146 Å². The standard InChI is InChI=1S/C42H24O/c1-2-12-29-27(10-1)28-11-3-4-15-32(28)38-24-25(20-21-33(29)38)26-22-23-39-40-34(26)18-9-19-37(40)41-35-16-7-5-13-30(35)31-14-6-8-17-36(31)42(41)43-39/h1-24H. The lowest BCUT2D eigenvalue weighted by Gasteiger charge is -2.25. The average molecular weight is 545 g/mol. The first-order chi connectivity index (χ1) is 21.3. The molecule has 10 rings (SSSR count). The Hall–Kier alpha value is -5.66. The van der Waals surface area contributed by atoms with E-state index in [1.54, 1.807) is 0 Å². The van der Waals surface area contributed by atoms with E-state index in [-0.39, 0.29) is 0 Å². The fourth-order valence-electron chi connectivity index (χ4n) is 7.59. The largest absolute Gasteiger partial charge is 0.455 e. The van der Waals surface area contributed by atoms with Crippen molar-refractivity contribution in [2.45, 2.75) is 0 Å². The van der Waals surface area contributed by atoms with Gasteiger partial charge in [-0.15, -0.1) is 0 Å². The molecule has 9 aromatic carbocycles. The van der Waals surface area contributed by atoms with Gasteiger partial charge < -0.3 is 4.74 Å². The van der Waals surface area contributed by atoms with Gasteiger partial charge in [-0.2, -0.15) is 0 Å². The Balaban J connectivity index is 1.28. The summed E-state index contributed by atoms with van der Waals surface area (Å²) in [6, 6.07) is 53.0. The first-order valence-electron chi connectivity index (χ1n) is 14.9. The topological polar surface area (TPSA) is 9.23 Å². The van der Waals surface area contributed by atoms with Gasteiger partial charge in [-0.1, -0.05) is 133 Å². The van der Waals surface area contributed by atoms with Gasteiger partial charge in [-0.25, -0.2) is 0 Å². The van der Waals surface area contributed by atoms with Crippen molar-refractivity contribution in [3.05, 3.63) is 146 Å². The van der Waals surface area contributed by atoms with Crippen LogP contribution < -0.4 is 4.74 Å². The van der Waals surface area contributed by atoms with Crippen LogP contribution in [0.2, 0.25) is 0 Å². The maximum atomic E-state index is 6.84. The zero-order chi connectivity index (χ0) is 28.1. The molecule has 0 unspecified atom stereocenters. The molecule has 1 aliphatic rings. The Morgan fingerprint density at radius 3 is 1.51 bits per heavy atom. The highest BCUT2D eigenvalue weighted by Gasteiger charge is 2.26. The van der Waals surface area contributed by atoms with Crippen molar-refractivity contribution in [2.24, 2.45) is 0 Å². The van der Waals surface area contributed by atoms with Crippen molar-refractivity contribution in [3.63, 3.8) is 0 Å². The molecule has 0 radical (unpaired) electrons. The molecule has 0 atom stereocenters. The maximum Gasteiger partial charge on any atom is 0.143 e. The molecule has 9 aromatic rings. The molecule has 0 N–H and O–H groups in total. The number of hydrogen-bond acceptors (Lipinski definition) is 1. The zero-order valence-electron chi connectivity index (χ0n) is 23.3. The van der Waals surface area contributed by atoms with Crippen LogP contribution in [0.4, 0.5) is 0 Å². The fourth-order valence-corrected chi connectivity index (χ4v) is 7.59. The highest BCUT2D eigenvalue weighted by Crippen LogP contribution is 2.54. The third-order valence-electron chi connectivity index (χ3n) is 9.42. The van der Waals surface area contributed by atoms with Crippen molar-refractivity contribution in [2.75, 3.05) is 0 Å². The van der Waals surface area contributed by atoms with Crippen molar-refractivity contribution in [1.29, 1.82) is 0 Å². The second kappa shape index (κ2) is 8.44. The summed E-state index contributed by atoms with van der Waals surface area (Å²) in [4.78, 5) is 0. The summed E-state index contributed by atoms with van der Waals surface area (Å²) in [6.45, 7) is 0. The molecule has 0 fully saturated rings. The van der Waals surface area contributed by atoms with Crippen LogP contribution in [0.1, 0.15) is 0 Å². The fraction of sp³-hybridized carbons (Fsp3) is 0. The first kappa shape index (κ1) is 23.0. The van der Waals surface area contributed by atoms with Gasteiger partial charge in [0.05, 0.1) is 0 Å². The van der Waals surface area contributed by atoms with Crippen LogP contribution in [0.5, 0.6) is 11.5 Å². The minimum absolute atomic E-state index is 0.916. The van der Waals surface area contributed by atoms with E-state index in [9.17, 15) is 0 Å². The third kappa shape index (κ3) is 3.06. The SMILES string of the molecule is c1cc2c3c(ccc(-c4ccc5c6ccccc6c6ccccc6c5c4)c3c1)Oc1c-2c2ccccc2c2ccccc12. The lowest BCUT2D eigenvalue weighted by Crippen LogP contribution is -2.00. The molecule has 0 amide bonds. The molecule has 1 aliphatic heterocycles. The van der Waals surface area contributed by atoms with Crippen molar-refractivity contribution < 1.29 is 4.74 Å². The number of hydrogen-bond donors (Lipinski definition) is 0. The summed E-state index contributed by atoms with van der Waals surface area (Å²) < 4.78 is 6.84. The molecule has 198 valence electrons. The van der Waals surface area contributed by atoms with E-state index in [2.05, 4.69) is 146 Å². The van der Waals surface area contributed by atoms with E-state index in [4.69, 9.17) is 4.74 Å². The molecule has 0 aliphatic carbocycles. The molecule has 0 aromatic heterocycles. The van der Waals surface area contributed by atoms with Crippen molar-refractivity contribution >= 4 is 64.6 Å². The van der Waals surface area contributed by atoms with Crippen LogP contribution >= 0.6 is 0 Å². The lowest BCUT2D eigenvalue weighted by atomic mass is 9.85. The van der Waals surface area contributed by atoms with Gasteiger partial charge in [0.25, 0.3) is 0 Å². The second-order valence-electron chi connectivity index (χ2n) is 11.6. The van der Waals surface area contributed by atoms with E-state index >= 15 is 0 Å². The number of benzene rings is 9.